The Kier molecular flexibility index (Phi) is 7.83. The molecule has 0 saturated carbocycles. The second kappa shape index (κ2) is 8.84. The second-order valence-electron chi connectivity index (χ2n) is 7.29. The Morgan fingerprint density at radius 3 is 2.35 bits per heavy atom. The van der Waals surface area contributed by atoms with Crippen LogP contribution in [0.2, 0.25) is 0 Å². The molecule has 0 unspecified atom stereocenters. The largest absolute Gasteiger partial charge is 0.312 e. The fourth-order valence-electron chi connectivity index (χ4n) is 2.24. The van der Waals surface area contributed by atoms with Crippen LogP contribution in [0.15, 0.2) is 12.1 Å². The first kappa shape index (κ1) is 17.7. The maximum atomic E-state index is 3.58. The summed E-state index contributed by atoms with van der Waals surface area (Å²) in [6.45, 7) is 13.7. The molecule has 0 fully saturated rings. The Morgan fingerprint density at radius 1 is 1.05 bits per heavy atom. The van der Waals surface area contributed by atoms with E-state index < -0.39 is 0 Å². The van der Waals surface area contributed by atoms with Crippen molar-refractivity contribution in [2.24, 2.45) is 5.92 Å². The monoisotopic (exact) mass is 295 g/mol. The molecule has 1 rings (SSSR count). The van der Waals surface area contributed by atoms with Gasteiger partial charge in [-0.2, -0.15) is 0 Å². The molecule has 0 amide bonds. The number of nitrogens with one attached hydrogen (secondary N) is 1. The van der Waals surface area contributed by atoms with Crippen LogP contribution in [0.1, 0.15) is 76.5 Å². The van der Waals surface area contributed by atoms with Crippen molar-refractivity contribution in [2.75, 3.05) is 6.54 Å². The van der Waals surface area contributed by atoms with Gasteiger partial charge in [0, 0.05) is 16.3 Å². The quantitative estimate of drug-likeness (QED) is 0.573. The minimum Gasteiger partial charge on any atom is -0.312 e. The third-order valence-corrected chi connectivity index (χ3v) is 5.10. The van der Waals surface area contributed by atoms with Crippen molar-refractivity contribution in [2.45, 2.75) is 78.7 Å². The molecule has 1 heterocycles. The molecule has 1 aromatic heterocycles. The summed E-state index contributed by atoms with van der Waals surface area (Å²) in [5.41, 5.74) is 0.291. The molecule has 20 heavy (non-hydrogen) atoms. The Hall–Kier alpha value is -0.340. The third-order valence-electron chi connectivity index (χ3n) is 3.59. The first-order chi connectivity index (χ1) is 9.39. The van der Waals surface area contributed by atoms with Gasteiger partial charge in [0.25, 0.3) is 0 Å². The number of hydrogen-bond donors (Lipinski definition) is 1. The maximum absolute atomic E-state index is 3.58. The third kappa shape index (κ3) is 7.44. The molecule has 1 aromatic rings. The van der Waals surface area contributed by atoms with E-state index in [1.54, 1.807) is 0 Å². The van der Waals surface area contributed by atoms with Crippen molar-refractivity contribution in [1.29, 1.82) is 0 Å². The molecular formula is C18H33NS. The molecule has 0 aromatic carbocycles. The highest BCUT2D eigenvalue weighted by atomic mass is 32.1. The highest BCUT2D eigenvalue weighted by molar-refractivity contribution is 7.12. The molecule has 1 N–H and O–H groups in total. The van der Waals surface area contributed by atoms with Gasteiger partial charge in [-0.3, -0.25) is 0 Å². The van der Waals surface area contributed by atoms with Crippen LogP contribution in [0.5, 0.6) is 0 Å². The van der Waals surface area contributed by atoms with Crippen LogP contribution in [0.25, 0.3) is 0 Å². The number of unbranched alkanes of at least 4 members (excludes halogenated alkanes) is 3. The Bertz CT molecular complexity index is 360. The molecule has 0 bridgehead atoms. The molecule has 0 saturated heterocycles. The highest BCUT2D eigenvalue weighted by Crippen LogP contribution is 2.29. The van der Waals surface area contributed by atoms with Crippen LogP contribution in [0.4, 0.5) is 0 Å². The lowest BCUT2D eigenvalue weighted by Gasteiger charge is -2.15. The van der Waals surface area contributed by atoms with Crippen molar-refractivity contribution < 1.29 is 0 Å². The minimum atomic E-state index is 0.291. The number of rotatable bonds is 9. The van der Waals surface area contributed by atoms with Crippen molar-refractivity contribution in [3.8, 4) is 0 Å². The van der Waals surface area contributed by atoms with E-state index in [4.69, 9.17) is 0 Å². The van der Waals surface area contributed by atoms with Crippen LogP contribution < -0.4 is 5.32 Å². The van der Waals surface area contributed by atoms with Gasteiger partial charge in [0.2, 0.25) is 0 Å². The SMILES string of the molecule is CC(C)CCCCCCNCc1ccc(C(C)(C)C)s1. The topological polar surface area (TPSA) is 12.0 Å². The molecule has 0 atom stereocenters. The van der Waals surface area contributed by atoms with E-state index in [1.165, 1.54) is 41.9 Å². The lowest BCUT2D eigenvalue weighted by atomic mass is 9.95. The molecule has 0 spiro atoms. The van der Waals surface area contributed by atoms with E-state index in [0.717, 1.165) is 19.0 Å². The standard InChI is InChI=1S/C18H33NS/c1-15(2)10-8-6-7-9-13-19-14-16-11-12-17(20-16)18(3,4)5/h11-12,15,19H,6-10,13-14H2,1-5H3. The fraction of sp³-hybridized carbons (Fsp3) is 0.778. The molecule has 2 heteroatoms. The van der Waals surface area contributed by atoms with Gasteiger partial charge in [-0.25, -0.2) is 0 Å². The fourth-order valence-corrected chi connectivity index (χ4v) is 3.28. The zero-order valence-corrected chi connectivity index (χ0v) is 14.9. The van der Waals surface area contributed by atoms with Gasteiger partial charge in [0.15, 0.2) is 0 Å². The second-order valence-corrected chi connectivity index (χ2v) is 8.46. The van der Waals surface area contributed by atoms with E-state index in [9.17, 15) is 0 Å². The first-order valence-electron chi connectivity index (χ1n) is 8.19. The van der Waals surface area contributed by atoms with Gasteiger partial charge in [-0.15, -0.1) is 11.3 Å². The average molecular weight is 296 g/mol. The summed E-state index contributed by atoms with van der Waals surface area (Å²) in [7, 11) is 0. The molecule has 0 radical (unpaired) electrons. The van der Waals surface area contributed by atoms with Gasteiger partial charge >= 0.3 is 0 Å². The summed E-state index contributed by atoms with van der Waals surface area (Å²) in [6.07, 6.45) is 6.87. The van der Waals surface area contributed by atoms with Crippen LogP contribution in [-0.4, -0.2) is 6.54 Å². The Balaban J connectivity index is 2.06. The predicted molar refractivity (Wildman–Crippen MR) is 92.6 cm³/mol. The average Bonchev–Trinajstić information content (AvgIpc) is 2.80. The maximum Gasteiger partial charge on any atom is 0.0299 e. The summed E-state index contributed by atoms with van der Waals surface area (Å²) < 4.78 is 0. The van der Waals surface area contributed by atoms with Crippen molar-refractivity contribution in [1.82, 2.24) is 5.32 Å². The molecule has 0 aliphatic carbocycles. The summed E-state index contributed by atoms with van der Waals surface area (Å²) >= 11 is 1.95. The Morgan fingerprint density at radius 2 is 1.75 bits per heavy atom. The summed E-state index contributed by atoms with van der Waals surface area (Å²) in [5, 5.41) is 3.58. The van der Waals surface area contributed by atoms with E-state index in [1.807, 2.05) is 11.3 Å². The molecule has 116 valence electrons. The number of hydrogen-bond acceptors (Lipinski definition) is 2. The summed E-state index contributed by atoms with van der Waals surface area (Å²) in [5.74, 6) is 0.865. The lowest BCUT2D eigenvalue weighted by molar-refractivity contribution is 0.512. The summed E-state index contributed by atoms with van der Waals surface area (Å²) in [6, 6.07) is 4.56. The zero-order chi connectivity index (χ0) is 15.0. The summed E-state index contributed by atoms with van der Waals surface area (Å²) in [4.78, 5) is 2.96. The van der Waals surface area contributed by atoms with Crippen LogP contribution >= 0.6 is 11.3 Å². The van der Waals surface area contributed by atoms with E-state index >= 15 is 0 Å². The van der Waals surface area contributed by atoms with Crippen LogP contribution in [0.3, 0.4) is 0 Å². The molecule has 0 aliphatic heterocycles. The normalized spacial score (nSPS) is 12.3. The minimum absolute atomic E-state index is 0.291. The number of thiophene rings is 1. The smallest absolute Gasteiger partial charge is 0.0299 e. The molecule has 0 aliphatic rings. The van der Waals surface area contributed by atoms with Crippen LogP contribution in [0, 0.1) is 5.92 Å². The molecular weight excluding hydrogens is 262 g/mol. The highest BCUT2D eigenvalue weighted by Gasteiger charge is 2.15. The van der Waals surface area contributed by atoms with Gasteiger partial charge in [0.1, 0.15) is 0 Å². The van der Waals surface area contributed by atoms with E-state index in [-0.39, 0.29) is 0 Å². The van der Waals surface area contributed by atoms with Gasteiger partial charge in [-0.1, -0.05) is 60.3 Å². The van der Waals surface area contributed by atoms with Gasteiger partial charge in [-0.05, 0) is 36.4 Å². The lowest BCUT2D eigenvalue weighted by Crippen LogP contribution is -2.13. The van der Waals surface area contributed by atoms with Crippen molar-refractivity contribution >= 4 is 11.3 Å². The van der Waals surface area contributed by atoms with Crippen molar-refractivity contribution in [3.63, 3.8) is 0 Å². The zero-order valence-electron chi connectivity index (χ0n) is 14.1. The van der Waals surface area contributed by atoms with Crippen molar-refractivity contribution in [3.05, 3.63) is 21.9 Å². The predicted octanol–water partition coefficient (Wildman–Crippen LogP) is 5.74. The van der Waals surface area contributed by atoms with Crippen LogP contribution in [-0.2, 0) is 12.0 Å². The first-order valence-corrected chi connectivity index (χ1v) is 9.01. The molecule has 1 nitrogen and oxygen atoms in total. The van der Waals surface area contributed by atoms with Gasteiger partial charge in [0.05, 0.1) is 0 Å². The van der Waals surface area contributed by atoms with E-state index in [0.29, 0.717) is 5.41 Å². The van der Waals surface area contributed by atoms with E-state index in [2.05, 4.69) is 52.1 Å². The Labute approximate surface area is 130 Å². The van der Waals surface area contributed by atoms with Gasteiger partial charge < -0.3 is 5.32 Å².